The predicted octanol–water partition coefficient (Wildman–Crippen LogP) is 3.86. The van der Waals surface area contributed by atoms with E-state index in [2.05, 4.69) is 60.3 Å². The van der Waals surface area contributed by atoms with Gasteiger partial charge in [0.15, 0.2) is 0 Å². The Morgan fingerprint density at radius 2 is 1.95 bits per heavy atom. The normalized spacial score (nSPS) is 24.4. The maximum absolute atomic E-state index is 5.72. The van der Waals surface area contributed by atoms with E-state index in [0.29, 0.717) is 0 Å². The van der Waals surface area contributed by atoms with Crippen LogP contribution in [0, 0.1) is 0 Å². The third-order valence-corrected chi connectivity index (χ3v) is 5.49. The summed E-state index contributed by atoms with van der Waals surface area (Å²) in [5.41, 5.74) is 2.34. The smallest absolute Gasteiger partial charge is 0.129 e. The summed E-state index contributed by atoms with van der Waals surface area (Å²) in [6, 6.07) is 0. The highest BCUT2D eigenvalue weighted by atomic mass is 32.2. The van der Waals surface area contributed by atoms with E-state index in [1.807, 2.05) is 0 Å². The molecule has 0 aromatic rings. The molecule has 0 spiro atoms. The average molecular weight is 323 g/mol. The minimum atomic E-state index is 0.199. The van der Waals surface area contributed by atoms with Gasteiger partial charge < -0.3 is 14.5 Å². The second kappa shape index (κ2) is 9.31. The van der Waals surface area contributed by atoms with E-state index in [1.54, 1.807) is 0 Å². The van der Waals surface area contributed by atoms with Gasteiger partial charge in [-0.3, -0.25) is 0 Å². The van der Waals surface area contributed by atoms with Crippen molar-refractivity contribution in [2.24, 2.45) is 0 Å². The van der Waals surface area contributed by atoms with Crippen molar-refractivity contribution in [2.45, 2.75) is 38.8 Å². The van der Waals surface area contributed by atoms with E-state index in [9.17, 15) is 0 Å². The van der Waals surface area contributed by atoms with Gasteiger partial charge in [-0.15, -0.1) is 0 Å². The van der Waals surface area contributed by atoms with Gasteiger partial charge in [-0.05, 0) is 56.3 Å². The molecule has 0 aromatic carbocycles. The van der Waals surface area contributed by atoms with Crippen LogP contribution in [0.15, 0.2) is 36.2 Å². The van der Waals surface area contributed by atoms with Crippen molar-refractivity contribution in [2.75, 3.05) is 38.2 Å². The van der Waals surface area contributed by atoms with Crippen LogP contribution < -0.4 is 0 Å². The Labute approximate surface area is 140 Å². The van der Waals surface area contributed by atoms with Gasteiger partial charge in [-0.2, -0.15) is 11.8 Å². The summed E-state index contributed by atoms with van der Waals surface area (Å²) in [4.78, 5) is 4.66. The molecule has 2 aliphatic rings. The van der Waals surface area contributed by atoms with Gasteiger partial charge in [0.25, 0.3) is 0 Å². The molecule has 2 aliphatic heterocycles. The topological polar surface area (TPSA) is 15.7 Å². The van der Waals surface area contributed by atoms with Crippen molar-refractivity contribution < 1.29 is 4.74 Å². The Balaban J connectivity index is 1.91. The fourth-order valence-corrected chi connectivity index (χ4v) is 3.79. The average Bonchev–Trinajstić information content (AvgIpc) is 3.02. The maximum atomic E-state index is 5.72. The van der Waals surface area contributed by atoms with Crippen LogP contribution >= 0.6 is 11.8 Å². The minimum Gasteiger partial charge on any atom is -0.372 e. The lowest BCUT2D eigenvalue weighted by molar-refractivity contribution is 0.0165. The van der Waals surface area contributed by atoms with Gasteiger partial charge >= 0.3 is 0 Å². The van der Waals surface area contributed by atoms with Crippen LogP contribution in [0.5, 0.6) is 0 Å². The van der Waals surface area contributed by atoms with Crippen molar-refractivity contribution in [3.05, 3.63) is 36.2 Å². The summed E-state index contributed by atoms with van der Waals surface area (Å²) >= 11 is 2.09. The van der Waals surface area contributed by atoms with Gasteiger partial charge in [-0.25, -0.2) is 0 Å². The Kier molecular flexibility index (Phi) is 7.40. The van der Waals surface area contributed by atoms with Crippen molar-refractivity contribution in [1.82, 2.24) is 9.80 Å². The lowest BCUT2D eigenvalue weighted by atomic mass is 10.2. The third kappa shape index (κ3) is 5.10. The van der Waals surface area contributed by atoms with E-state index in [1.165, 1.54) is 30.0 Å². The van der Waals surface area contributed by atoms with Crippen LogP contribution in [-0.2, 0) is 4.74 Å². The molecule has 2 heterocycles. The van der Waals surface area contributed by atoms with Crippen LogP contribution in [0.4, 0.5) is 0 Å². The summed E-state index contributed by atoms with van der Waals surface area (Å²) in [5.74, 6) is 2.57. The molecule has 124 valence electrons. The summed E-state index contributed by atoms with van der Waals surface area (Å²) < 4.78 is 5.72. The predicted molar refractivity (Wildman–Crippen MR) is 96.9 cm³/mol. The molecule has 22 heavy (non-hydrogen) atoms. The minimum absolute atomic E-state index is 0.199. The van der Waals surface area contributed by atoms with E-state index in [0.717, 1.165) is 38.2 Å². The molecule has 2 saturated heterocycles. The zero-order valence-corrected chi connectivity index (χ0v) is 14.9. The van der Waals surface area contributed by atoms with Gasteiger partial charge in [0.05, 0.1) is 0 Å². The first kappa shape index (κ1) is 17.5. The molecular formula is C18H30N2OS. The molecule has 4 heteroatoms. The number of likely N-dealkylation sites (N-methyl/N-ethyl adjacent to an activating group) is 1. The molecule has 2 fully saturated rings. The fraction of sp³-hybridized carbons (Fsp3) is 0.667. The molecule has 3 nitrogen and oxygen atoms in total. The fourth-order valence-electron chi connectivity index (χ4n) is 2.92. The van der Waals surface area contributed by atoms with Crippen molar-refractivity contribution in [3.63, 3.8) is 0 Å². The van der Waals surface area contributed by atoms with Crippen LogP contribution in [0.2, 0.25) is 0 Å². The second-order valence-electron chi connectivity index (χ2n) is 5.92. The lowest BCUT2D eigenvalue weighted by Crippen LogP contribution is -2.29. The number of thioether (sulfide) groups is 1. The number of hydrogen-bond donors (Lipinski definition) is 0. The molecule has 1 unspecified atom stereocenters. The highest BCUT2D eigenvalue weighted by Gasteiger charge is 2.20. The first-order chi connectivity index (χ1) is 10.7. The molecule has 0 radical (unpaired) electrons. The largest absolute Gasteiger partial charge is 0.372 e. The third-order valence-electron chi connectivity index (χ3n) is 4.33. The SMILES string of the molecule is C=C(/C=C\C(=C/C)N1CCCSCCC1)N(C)C1CCCO1. The number of hydrogen-bond acceptors (Lipinski definition) is 4. The number of rotatable bonds is 5. The van der Waals surface area contributed by atoms with Gasteiger partial charge in [0, 0.05) is 38.1 Å². The summed E-state index contributed by atoms with van der Waals surface area (Å²) in [5, 5.41) is 0. The highest BCUT2D eigenvalue weighted by Crippen LogP contribution is 2.20. The molecule has 1 atom stereocenters. The van der Waals surface area contributed by atoms with E-state index in [4.69, 9.17) is 4.74 Å². The maximum Gasteiger partial charge on any atom is 0.129 e. The van der Waals surface area contributed by atoms with Crippen LogP contribution in [0.1, 0.15) is 32.6 Å². The molecule has 0 bridgehead atoms. The number of nitrogens with zero attached hydrogens (tertiary/aromatic N) is 2. The van der Waals surface area contributed by atoms with E-state index in [-0.39, 0.29) is 6.23 Å². The monoisotopic (exact) mass is 322 g/mol. The first-order valence-electron chi connectivity index (χ1n) is 8.43. The van der Waals surface area contributed by atoms with Crippen LogP contribution in [0.25, 0.3) is 0 Å². The van der Waals surface area contributed by atoms with Gasteiger partial charge in [0.1, 0.15) is 6.23 Å². The molecule has 0 saturated carbocycles. The van der Waals surface area contributed by atoms with Crippen molar-refractivity contribution in [1.29, 1.82) is 0 Å². The molecule has 0 amide bonds. The van der Waals surface area contributed by atoms with E-state index >= 15 is 0 Å². The van der Waals surface area contributed by atoms with Gasteiger partial charge in [-0.1, -0.05) is 12.7 Å². The van der Waals surface area contributed by atoms with E-state index < -0.39 is 0 Å². The lowest BCUT2D eigenvalue weighted by Gasteiger charge is -2.28. The van der Waals surface area contributed by atoms with Crippen molar-refractivity contribution >= 4 is 11.8 Å². The molecular weight excluding hydrogens is 292 g/mol. The molecule has 0 aromatic heterocycles. The first-order valence-corrected chi connectivity index (χ1v) is 9.58. The quantitative estimate of drug-likeness (QED) is 0.714. The van der Waals surface area contributed by atoms with Gasteiger partial charge in [0.2, 0.25) is 0 Å². The Hall–Kier alpha value is -0.870. The van der Waals surface area contributed by atoms with Crippen molar-refractivity contribution in [3.8, 4) is 0 Å². The zero-order chi connectivity index (χ0) is 15.8. The van der Waals surface area contributed by atoms with Crippen LogP contribution in [0.3, 0.4) is 0 Å². The summed E-state index contributed by atoms with van der Waals surface area (Å²) in [6.07, 6.45) is 11.5. The van der Waals surface area contributed by atoms with Crippen LogP contribution in [-0.4, -0.2) is 54.3 Å². The molecule has 2 rings (SSSR count). The highest BCUT2D eigenvalue weighted by molar-refractivity contribution is 7.99. The molecule has 0 N–H and O–H groups in total. The summed E-state index contributed by atoms with van der Waals surface area (Å²) in [7, 11) is 2.07. The second-order valence-corrected chi connectivity index (χ2v) is 7.15. The number of allylic oxidation sites excluding steroid dienone is 3. The molecule has 0 aliphatic carbocycles. The number of ether oxygens (including phenoxy) is 1. The Morgan fingerprint density at radius 1 is 1.23 bits per heavy atom. The Morgan fingerprint density at radius 3 is 2.55 bits per heavy atom. The summed E-state index contributed by atoms with van der Waals surface area (Å²) in [6.45, 7) is 9.51. The standard InChI is InChI=1S/C18H30N2OS/c1-4-17(20-11-6-14-22-15-7-12-20)10-9-16(2)19(3)18-8-5-13-21-18/h4,9-10,18H,2,5-8,11-15H2,1,3H3/b10-9-,17-4+. The Bertz CT molecular complexity index is 405. The zero-order valence-electron chi connectivity index (χ0n) is 14.1.